The zero-order valence-electron chi connectivity index (χ0n) is 15.5. The summed E-state index contributed by atoms with van der Waals surface area (Å²) in [5.41, 5.74) is 6.90. The van der Waals surface area contributed by atoms with Gasteiger partial charge in [-0.25, -0.2) is 0 Å². The van der Waals surface area contributed by atoms with Gasteiger partial charge < -0.3 is 20.5 Å². The van der Waals surface area contributed by atoms with E-state index < -0.39 is 6.04 Å². The van der Waals surface area contributed by atoms with Gasteiger partial charge in [-0.1, -0.05) is 35.5 Å². The summed E-state index contributed by atoms with van der Waals surface area (Å²) in [7, 11) is 0. The van der Waals surface area contributed by atoms with Gasteiger partial charge >= 0.3 is 0 Å². The predicted molar refractivity (Wildman–Crippen MR) is 111 cm³/mol. The third-order valence-corrected chi connectivity index (χ3v) is 4.37. The molecule has 1 saturated heterocycles. The second-order valence-electron chi connectivity index (χ2n) is 6.36. The van der Waals surface area contributed by atoms with E-state index in [0.717, 1.165) is 5.56 Å². The van der Waals surface area contributed by atoms with E-state index in [9.17, 15) is 9.59 Å². The smallest absolute Gasteiger partial charge is 0.244 e. The van der Waals surface area contributed by atoms with E-state index in [0.29, 0.717) is 37.8 Å². The van der Waals surface area contributed by atoms with E-state index in [1.807, 2.05) is 35.2 Å². The molecule has 0 bridgehead atoms. The summed E-state index contributed by atoms with van der Waals surface area (Å²) in [6, 6.07) is 10.4. The maximum atomic E-state index is 12.6. The highest BCUT2D eigenvalue weighted by Gasteiger charge is 2.26. The van der Waals surface area contributed by atoms with Crippen molar-refractivity contribution >= 4 is 42.4 Å². The zero-order chi connectivity index (χ0) is 18.5. The number of piperazine rings is 1. The molecule has 0 radical (unpaired) electrons. The summed E-state index contributed by atoms with van der Waals surface area (Å²) in [6.07, 6.45) is 0. The molecule has 2 amide bonds. The predicted octanol–water partition coefficient (Wildman–Crippen LogP) is 1.61. The summed E-state index contributed by atoms with van der Waals surface area (Å²) in [5.74, 6) is 0.815. The topological polar surface area (TPSA) is 105 Å². The Labute approximate surface area is 176 Å². The normalized spacial score (nSPS) is 15.1. The van der Waals surface area contributed by atoms with Crippen LogP contribution in [-0.2, 0) is 9.59 Å². The van der Waals surface area contributed by atoms with Crippen molar-refractivity contribution in [3.63, 3.8) is 0 Å². The summed E-state index contributed by atoms with van der Waals surface area (Å²) in [5, 5.41) is 6.44. The third kappa shape index (κ3) is 6.20. The molecule has 0 spiro atoms. The number of nitrogens with one attached hydrogen (secondary N) is 1. The molecule has 2 aromatic rings. The molecular weight excluding hydrogens is 405 g/mol. The van der Waals surface area contributed by atoms with Crippen LogP contribution < -0.4 is 11.1 Å². The van der Waals surface area contributed by atoms with Gasteiger partial charge in [0.25, 0.3) is 0 Å². The van der Waals surface area contributed by atoms with Gasteiger partial charge in [0, 0.05) is 32.2 Å². The van der Waals surface area contributed by atoms with Gasteiger partial charge in [-0.2, -0.15) is 0 Å². The fraction of sp³-hybridized carbons (Fsp3) is 0.389. The average molecular weight is 430 g/mol. The number of rotatable bonds is 5. The van der Waals surface area contributed by atoms with Crippen LogP contribution in [-0.4, -0.2) is 59.5 Å². The zero-order valence-corrected chi connectivity index (χ0v) is 17.2. The van der Waals surface area contributed by atoms with Crippen molar-refractivity contribution in [1.29, 1.82) is 0 Å². The first-order chi connectivity index (χ1) is 12.5. The van der Waals surface area contributed by atoms with Crippen LogP contribution in [0.25, 0.3) is 0 Å². The third-order valence-electron chi connectivity index (χ3n) is 4.37. The number of nitrogens with two attached hydrogens (primary N) is 1. The molecule has 154 valence electrons. The van der Waals surface area contributed by atoms with Crippen molar-refractivity contribution in [2.75, 3.05) is 38.0 Å². The highest BCUT2D eigenvalue weighted by atomic mass is 35.5. The molecule has 1 atom stereocenters. The Morgan fingerprint density at radius 1 is 1.18 bits per heavy atom. The van der Waals surface area contributed by atoms with Gasteiger partial charge in [0.1, 0.15) is 11.8 Å². The molecule has 2 heterocycles. The lowest BCUT2D eigenvalue weighted by Crippen LogP contribution is -2.52. The second kappa shape index (κ2) is 11.0. The maximum absolute atomic E-state index is 12.6. The van der Waals surface area contributed by atoms with E-state index >= 15 is 0 Å². The van der Waals surface area contributed by atoms with E-state index in [2.05, 4.69) is 10.5 Å². The first-order valence-electron chi connectivity index (χ1n) is 8.58. The van der Waals surface area contributed by atoms with Crippen LogP contribution in [0.4, 0.5) is 5.82 Å². The quantitative estimate of drug-likeness (QED) is 0.747. The van der Waals surface area contributed by atoms with E-state index in [1.54, 1.807) is 17.9 Å². The lowest BCUT2D eigenvalue weighted by atomic mass is 10.1. The summed E-state index contributed by atoms with van der Waals surface area (Å²) >= 11 is 0. The maximum Gasteiger partial charge on any atom is 0.244 e. The highest BCUT2D eigenvalue weighted by molar-refractivity contribution is 5.91. The highest BCUT2D eigenvalue weighted by Crippen LogP contribution is 2.14. The van der Waals surface area contributed by atoms with Crippen molar-refractivity contribution in [1.82, 2.24) is 15.0 Å². The molecule has 28 heavy (non-hydrogen) atoms. The van der Waals surface area contributed by atoms with Gasteiger partial charge in [-0.05, 0) is 12.5 Å². The Balaban J connectivity index is 0.00000196. The Hall–Kier alpha value is -2.13. The molecule has 1 aromatic carbocycles. The fourth-order valence-electron chi connectivity index (χ4n) is 2.94. The largest absolute Gasteiger partial charge is 0.360 e. The number of anilines is 1. The van der Waals surface area contributed by atoms with E-state index in [4.69, 9.17) is 10.3 Å². The minimum absolute atomic E-state index is 0. The summed E-state index contributed by atoms with van der Waals surface area (Å²) in [4.78, 5) is 28.4. The number of nitrogens with zero attached hydrogens (tertiary/aromatic N) is 3. The van der Waals surface area contributed by atoms with Crippen LogP contribution in [0.5, 0.6) is 0 Å². The van der Waals surface area contributed by atoms with Crippen molar-refractivity contribution < 1.29 is 14.1 Å². The number of benzene rings is 1. The van der Waals surface area contributed by atoms with Crippen LogP contribution in [0.3, 0.4) is 0 Å². The van der Waals surface area contributed by atoms with Gasteiger partial charge in [-0.3, -0.25) is 14.5 Å². The molecule has 3 N–H and O–H groups in total. The molecular formula is C18H25Cl2N5O3. The van der Waals surface area contributed by atoms with Crippen LogP contribution in [0.15, 0.2) is 40.9 Å². The van der Waals surface area contributed by atoms with Crippen molar-refractivity contribution in [3.8, 4) is 0 Å². The van der Waals surface area contributed by atoms with Crippen LogP contribution in [0, 0.1) is 6.92 Å². The number of amides is 2. The van der Waals surface area contributed by atoms with Crippen molar-refractivity contribution in [3.05, 3.63) is 47.7 Å². The Kier molecular flexibility index (Phi) is 9.40. The molecule has 10 heteroatoms. The second-order valence-corrected chi connectivity index (χ2v) is 6.36. The molecule has 0 saturated carbocycles. The van der Waals surface area contributed by atoms with Crippen LogP contribution in [0.2, 0.25) is 0 Å². The summed E-state index contributed by atoms with van der Waals surface area (Å²) in [6.45, 7) is 4.36. The SMILES string of the molecule is Cc1cc(NC(=O)CN2CCN(C(=O)C(N)c3ccccc3)CC2)no1.Cl.Cl. The average Bonchev–Trinajstić information content (AvgIpc) is 3.06. The van der Waals surface area contributed by atoms with E-state index in [-0.39, 0.29) is 43.2 Å². The first-order valence-corrected chi connectivity index (χ1v) is 8.58. The van der Waals surface area contributed by atoms with Crippen LogP contribution in [0.1, 0.15) is 17.4 Å². The van der Waals surface area contributed by atoms with E-state index in [1.165, 1.54) is 0 Å². The van der Waals surface area contributed by atoms with Gasteiger partial charge in [-0.15, -0.1) is 24.8 Å². The number of hydrogen-bond acceptors (Lipinski definition) is 6. The number of carbonyl (C=O) groups excluding carboxylic acids is 2. The lowest BCUT2D eigenvalue weighted by molar-refractivity contribution is -0.134. The molecule has 1 fully saturated rings. The lowest BCUT2D eigenvalue weighted by Gasteiger charge is -2.35. The van der Waals surface area contributed by atoms with Crippen molar-refractivity contribution in [2.24, 2.45) is 5.73 Å². The Morgan fingerprint density at radius 3 is 2.39 bits per heavy atom. The van der Waals surface area contributed by atoms with Gasteiger partial charge in [0.05, 0.1) is 6.54 Å². The Bertz CT molecular complexity index is 764. The number of carbonyl (C=O) groups is 2. The molecule has 1 aromatic heterocycles. The van der Waals surface area contributed by atoms with Gasteiger partial charge in [0.2, 0.25) is 11.8 Å². The minimum atomic E-state index is -0.651. The molecule has 1 aliphatic heterocycles. The molecule has 1 aliphatic rings. The number of halogens is 2. The van der Waals surface area contributed by atoms with Gasteiger partial charge in [0.15, 0.2) is 5.82 Å². The number of aromatic nitrogens is 1. The molecule has 1 unspecified atom stereocenters. The molecule has 8 nitrogen and oxygen atoms in total. The fourth-order valence-corrected chi connectivity index (χ4v) is 2.94. The monoisotopic (exact) mass is 429 g/mol. The van der Waals surface area contributed by atoms with Crippen LogP contribution >= 0.6 is 24.8 Å². The first kappa shape index (κ1) is 23.9. The summed E-state index contributed by atoms with van der Waals surface area (Å²) < 4.78 is 4.92. The minimum Gasteiger partial charge on any atom is -0.360 e. The molecule has 3 rings (SSSR count). The molecule has 0 aliphatic carbocycles. The van der Waals surface area contributed by atoms with Crippen molar-refractivity contribution in [2.45, 2.75) is 13.0 Å². The standard InChI is InChI=1S/C18H23N5O3.2ClH/c1-13-11-15(21-26-13)20-16(24)12-22-7-9-23(10-8-22)18(25)17(19)14-5-3-2-4-6-14;;/h2-6,11,17H,7-10,12,19H2,1H3,(H,20,21,24);2*1H. The number of aryl methyl sites for hydroxylation is 1. The number of hydrogen-bond donors (Lipinski definition) is 2. The Morgan fingerprint density at radius 2 is 1.82 bits per heavy atom.